The summed E-state index contributed by atoms with van der Waals surface area (Å²) in [4.78, 5) is 2.15. The zero-order valence-electron chi connectivity index (χ0n) is 12.4. The van der Waals surface area contributed by atoms with Crippen LogP contribution in [0.3, 0.4) is 0 Å². The first-order chi connectivity index (χ1) is 10.3. The fourth-order valence-corrected chi connectivity index (χ4v) is 2.88. The van der Waals surface area contributed by atoms with Crippen LogP contribution >= 0.6 is 0 Å². The topological polar surface area (TPSA) is 15.3 Å². The molecule has 3 rings (SSSR count). The number of rotatable bonds is 4. The largest absolute Gasteiger partial charge is 0.364 e. The van der Waals surface area contributed by atoms with Gasteiger partial charge in [-0.25, -0.2) is 4.39 Å². The number of benzene rings is 2. The molecule has 0 bridgehead atoms. The molecule has 3 heteroatoms. The van der Waals surface area contributed by atoms with Gasteiger partial charge in [0.25, 0.3) is 0 Å². The number of hydrogen-bond donors (Lipinski definition) is 1. The van der Waals surface area contributed by atoms with Crippen molar-refractivity contribution in [2.45, 2.75) is 26.4 Å². The number of nitrogens with zero attached hydrogens (tertiary/aromatic N) is 1. The van der Waals surface area contributed by atoms with E-state index in [4.69, 9.17) is 0 Å². The molecule has 1 aliphatic rings. The van der Waals surface area contributed by atoms with E-state index >= 15 is 0 Å². The summed E-state index contributed by atoms with van der Waals surface area (Å²) in [6.45, 7) is 5.44. The van der Waals surface area contributed by atoms with Crippen molar-refractivity contribution >= 4 is 5.69 Å². The highest BCUT2D eigenvalue weighted by molar-refractivity contribution is 5.52. The third kappa shape index (κ3) is 3.08. The summed E-state index contributed by atoms with van der Waals surface area (Å²) in [5.74, 6) is -0.130. The molecule has 0 saturated carbocycles. The van der Waals surface area contributed by atoms with Crippen molar-refractivity contribution in [3.05, 3.63) is 65.0 Å². The summed E-state index contributed by atoms with van der Waals surface area (Å²) in [5, 5.41) is 3.29. The molecule has 2 aromatic carbocycles. The molecule has 0 amide bonds. The van der Waals surface area contributed by atoms with Crippen LogP contribution < -0.4 is 10.2 Å². The van der Waals surface area contributed by atoms with Crippen LogP contribution in [0.25, 0.3) is 0 Å². The molecular formula is C18H21FN2. The van der Waals surface area contributed by atoms with E-state index in [-0.39, 0.29) is 5.82 Å². The number of hydrogen-bond acceptors (Lipinski definition) is 2. The Morgan fingerprint density at radius 1 is 1.14 bits per heavy atom. The summed E-state index contributed by atoms with van der Waals surface area (Å²) in [6, 6.07) is 13.9. The molecule has 0 unspecified atom stereocenters. The van der Waals surface area contributed by atoms with E-state index in [1.54, 1.807) is 6.07 Å². The SMILES string of the molecule is CCNCc1ccc(F)c(N2CCc3ccccc3C2)c1. The van der Waals surface area contributed by atoms with E-state index < -0.39 is 0 Å². The first kappa shape index (κ1) is 14.1. The molecule has 1 heterocycles. The molecule has 21 heavy (non-hydrogen) atoms. The maximum Gasteiger partial charge on any atom is 0.146 e. The van der Waals surface area contributed by atoms with E-state index in [9.17, 15) is 4.39 Å². The molecule has 0 atom stereocenters. The van der Waals surface area contributed by atoms with Gasteiger partial charge in [-0.3, -0.25) is 0 Å². The van der Waals surface area contributed by atoms with E-state index in [0.717, 1.165) is 43.9 Å². The molecule has 2 aromatic rings. The zero-order valence-corrected chi connectivity index (χ0v) is 12.4. The highest BCUT2D eigenvalue weighted by Gasteiger charge is 2.18. The van der Waals surface area contributed by atoms with Gasteiger partial charge in [-0.1, -0.05) is 37.3 Å². The fraction of sp³-hybridized carbons (Fsp3) is 0.333. The van der Waals surface area contributed by atoms with Gasteiger partial charge in [-0.05, 0) is 41.8 Å². The Balaban J connectivity index is 1.84. The minimum absolute atomic E-state index is 0.130. The van der Waals surface area contributed by atoms with Crippen molar-refractivity contribution in [1.82, 2.24) is 5.32 Å². The Morgan fingerprint density at radius 2 is 1.95 bits per heavy atom. The molecule has 2 nitrogen and oxygen atoms in total. The second kappa shape index (κ2) is 6.27. The molecule has 0 aromatic heterocycles. The van der Waals surface area contributed by atoms with Crippen LogP contribution in [0, 0.1) is 5.82 Å². The van der Waals surface area contributed by atoms with E-state index in [1.807, 2.05) is 12.1 Å². The molecule has 0 aliphatic carbocycles. The Bertz CT molecular complexity index is 624. The van der Waals surface area contributed by atoms with Crippen molar-refractivity contribution in [3.63, 3.8) is 0 Å². The fourth-order valence-electron chi connectivity index (χ4n) is 2.88. The van der Waals surface area contributed by atoms with Crippen molar-refractivity contribution in [3.8, 4) is 0 Å². The number of fused-ring (bicyclic) bond motifs is 1. The van der Waals surface area contributed by atoms with Gasteiger partial charge >= 0.3 is 0 Å². The maximum absolute atomic E-state index is 14.2. The summed E-state index contributed by atoms with van der Waals surface area (Å²) in [7, 11) is 0. The predicted octanol–water partition coefficient (Wildman–Crippen LogP) is 3.50. The summed E-state index contributed by atoms with van der Waals surface area (Å²) < 4.78 is 14.2. The Morgan fingerprint density at radius 3 is 2.76 bits per heavy atom. The van der Waals surface area contributed by atoms with Crippen molar-refractivity contribution < 1.29 is 4.39 Å². The normalized spacial score (nSPS) is 14.1. The number of halogens is 1. The van der Waals surface area contributed by atoms with Gasteiger partial charge in [-0.15, -0.1) is 0 Å². The van der Waals surface area contributed by atoms with Crippen molar-refractivity contribution in [2.75, 3.05) is 18.0 Å². The summed E-state index contributed by atoms with van der Waals surface area (Å²) in [5.41, 5.74) is 4.55. The third-order valence-corrected chi connectivity index (χ3v) is 4.06. The monoisotopic (exact) mass is 284 g/mol. The zero-order chi connectivity index (χ0) is 14.7. The molecule has 0 spiro atoms. The highest BCUT2D eigenvalue weighted by Crippen LogP contribution is 2.27. The van der Waals surface area contributed by atoms with Crippen LogP contribution in [0.1, 0.15) is 23.6 Å². The number of nitrogens with one attached hydrogen (secondary N) is 1. The summed E-state index contributed by atoms with van der Waals surface area (Å²) >= 11 is 0. The van der Waals surface area contributed by atoms with Gasteiger partial charge in [0, 0.05) is 19.6 Å². The predicted molar refractivity (Wildman–Crippen MR) is 85.0 cm³/mol. The maximum atomic E-state index is 14.2. The van der Waals surface area contributed by atoms with Gasteiger partial charge in [0.05, 0.1) is 5.69 Å². The Labute approximate surface area is 125 Å². The average molecular weight is 284 g/mol. The van der Waals surface area contributed by atoms with Gasteiger partial charge in [0.2, 0.25) is 0 Å². The van der Waals surface area contributed by atoms with Crippen LogP contribution in [0.5, 0.6) is 0 Å². The second-order valence-electron chi connectivity index (χ2n) is 5.51. The van der Waals surface area contributed by atoms with Crippen molar-refractivity contribution in [2.24, 2.45) is 0 Å². The average Bonchev–Trinajstić information content (AvgIpc) is 2.53. The van der Waals surface area contributed by atoms with Gasteiger partial charge in [0.15, 0.2) is 0 Å². The molecular weight excluding hydrogens is 263 g/mol. The molecule has 1 aliphatic heterocycles. The highest BCUT2D eigenvalue weighted by atomic mass is 19.1. The van der Waals surface area contributed by atoms with E-state index in [1.165, 1.54) is 11.1 Å². The molecule has 110 valence electrons. The molecule has 0 saturated heterocycles. The van der Waals surface area contributed by atoms with Crippen LogP contribution in [0.2, 0.25) is 0 Å². The second-order valence-corrected chi connectivity index (χ2v) is 5.51. The van der Waals surface area contributed by atoms with E-state index in [0.29, 0.717) is 0 Å². The van der Waals surface area contributed by atoms with Crippen molar-refractivity contribution in [1.29, 1.82) is 0 Å². The first-order valence-corrected chi connectivity index (χ1v) is 7.59. The molecule has 0 radical (unpaired) electrons. The lowest BCUT2D eigenvalue weighted by Gasteiger charge is -2.31. The number of anilines is 1. The minimum atomic E-state index is -0.130. The first-order valence-electron chi connectivity index (χ1n) is 7.59. The Hall–Kier alpha value is -1.87. The van der Waals surface area contributed by atoms with Gasteiger partial charge in [0.1, 0.15) is 5.82 Å². The Kier molecular flexibility index (Phi) is 4.20. The lowest BCUT2D eigenvalue weighted by Crippen LogP contribution is -2.31. The van der Waals surface area contributed by atoms with E-state index in [2.05, 4.69) is 41.4 Å². The standard InChI is InChI=1S/C18H21FN2/c1-2-20-12-14-7-8-17(19)18(11-14)21-10-9-15-5-3-4-6-16(15)13-21/h3-8,11,20H,2,9-10,12-13H2,1H3. The van der Waals surface area contributed by atoms with Crippen LogP contribution in [-0.4, -0.2) is 13.1 Å². The minimum Gasteiger partial charge on any atom is -0.364 e. The third-order valence-electron chi connectivity index (χ3n) is 4.06. The van der Waals surface area contributed by atoms with Crippen LogP contribution in [-0.2, 0) is 19.5 Å². The lowest BCUT2D eigenvalue weighted by molar-refractivity contribution is 0.608. The van der Waals surface area contributed by atoms with Gasteiger partial charge < -0.3 is 10.2 Å². The quantitative estimate of drug-likeness (QED) is 0.924. The van der Waals surface area contributed by atoms with Gasteiger partial charge in [-0.2, -0.15) is 0 Å². The van der Waals surface area contributed by atoms with Crippen LogP contribution in [0.15, 0.2) is 42.5 Å². The molecule has 1 N–H and O–H groups in total. The lowest BCUT2D eigenvalue weighted by atomic mass is 9.99. The van der Waals surface area contributed by atoms with Crippen LogP contribution in [0.4, 0.5) is 10.1 Å². The molecule has 0 fully saturated rings. The summed E-state index contributed by atoms with van der Waals surface area (Å²) in [6.07, 6.45) is 0.979. The smallest absolute Gasteiger partial charge is 0.146 e.